The fraction of sp³-hybridized carbons (Fsp3) is 0.750. The highest BCUT2D eigenvalue weighted by atomic mass is 16.3. The van der Waals surface area contributed by atoms with Crippen LogP contribution in [0.15, 0.2) is 0 Å². The van der Waals surface area contributed by atoms with E-state index in [1.807, 2.05) is 13.8 Å². The van der Waals surface area contributed by atoms with Gasteiger partial charge in [-0.2, -0.15) is 0 Å². The van der Waals surface area contributed by atoms with Gasteiger partial charge in [-0.15, -0.1) is 5.10 Å². The van der Waals surface area contributed by atoms with Gasteiger partial charge < -0.3 is 10.4 Å². The molecule has 0 aromatic carbocycles. The van der Waals surface area contributed by atoms with E-state index in [0.717, 1.165) is 25.7 Å². The van der Waals surface area contributed by atoms with Crippen LogP contribution in [0, 0.1) is 0 Å². The van der Waals surface area contributed by atoms with E-state index in [4.69, 9.17) is 0 Å². The highest BCUT2D eigenvalue weighted by Gasteiger charge is 2.26. The molecule has 2 rings (SSSR count). The molecule has 0 radical (unpaired) electrons. The van der Waals surface area contributed by atoms with Crippen LogP contribution >= 0.6 is 0 Å². The van der Waals surface area contributed by atoms with E-state index in [0.29, 0.717) is 5.82 Å². The summed E-state index contributed by atoms with van der Waals surface area (Å²) >= 11 is 0. The minimum atomic E-state index is -0.453. The molecule has 100 valence electrons. The maximum atomic E-state index is 11.9. The van der Waals surface area contributed by atoms with Crippen LogP contribution in [0.2, 0.25) is 0 Å². The Morgan fingerprint density at radius 2 is 2.17 bits per heavy atom. The largest absolute Gasteiger partial charge is 0.391 e. The molecule has 0 saturated heterocycles. The van der Waals surface area contributed by atoms with E-state index >= 15 is 0 Å². The summed E-state index contributed by atoms with van der Waals surface area (Å²) in [6.45, 7) is 3.96. The fourth-order valence-electron chi connectivity index (χ4n) is 2.15. The number of aliphatic hydroxyl groups excluding tert-OH is 1. The summed E-state index contributed by atoms with van der Waals surface area (Å²) in [5, 5.41) is 19.2. The average molecular weight is 252 g/mol. The summed E-state index contributed by atoms with van der Waals surface area (Å²) < 4.78 is 0. The van der Waals surface area contributed by atoms with Gasteiger partial charge in [-0.3, -0.25) is 9.89 Å². The van der Waals surface area contributed by atoms with Crippen LogP contribution < -0.4 is 5.32 Å². The van der Waals surface area contributed by atoms with Crippen LogP contribution in [0.1, 0.15) is 61.9 Å². The summed E-state index contributed by atoms with van der Waals surface area (Å²) in [5.41, 5.74) is 0. The van der Waals surface area contributed by atoms with Crippen LogP contribution in [0.4, 0.5) is 0 Å². The number of H-pyrrole nitrogens is 1. The molecular formula is C12H20N4O2. The summed E-state index contributed by atoms with van der Waals surface area (Å²) in [5.74, 6) is 0.740. The Kier molecular flexibility index (Phi) is 3.96. The van der Waals surface area contributed by atoms with Crippen molar-refractivity contribution < 1.29 is 9.90 Å². The normalized spacial score (nSPS) is 24.2. The number of nitrogens with one attached hydrogen (secondary N) is 2. The van der Waals surface area contributed by atoms with E-state index in [-0.39, 0.29) is 23.7 Å². The summed E-state index contributed by atoms with van der Waals surface area (Å²) in [7, 11) is 0. The molecule has 2 unspecified atom stereocenters. The second-order valence-corrected chi connectivity index (χ2v) is 5.13. The molecule has 6 heteroatoms. The van der Waals surface area contributed by atoms with Crippen LogP contribution in [-0.4, -0.2) is 38.3 Å². The minimum absolute atomic E-state index is 0.150. The van der Waals surface area contributed by atoms with Crippen LogP contribution in [0.5, 0.6) is 0 Å². The quantitative estimate of drug-likeness (QED) is 0.747. The molecule has 1 heterocycles. The van der Waals surface area contributed by atoms with E-state index in [1.165, 1.54) is 0 Å². The van der Waals surface area contributed by atoms with Crippen LogP contribution in [0.3, 0.4) is 0 Å². The molecule has 0 bridgehead atoms. The first-order valence-corrected chi connectivity index (χ1v) is 6.49. The van der Waals surface area contributed by atoms with Gasteiger partial charge in [0.15, 0.2) is 0 Å². The third kappa shape index (κ3) is 2.87. The number of aliphatic hydroxyl groups is 1. The minimum Gasteiger partial charge on any atom is -0.391 e. The Morgan fingerprint density at radius 3 is 2.78 bits per heavy atom. The zero-order chi connectivity index (χ0) is 13.1. The van der Waals surface area contributed by atoms with Crippen molar-refractivity contribution in [3.8, 4) is 0 Å². The number of nitrogens with zero attached hydrogens (tertiary/aromatic N) is 2. The molecule has 1 amide bonds. The van der Waals surface area contributed by atoms with Gasteiger partial charge in [0, 0.05) is 5.92 Å². The topological polar surface area (TPSA) is 90.9 Å². The zero-order valence-electron chi connectivity index (χ0n) is 10.8. The summed E-state index contributed by atoms with van der Waals surface area (Å²) in [6.07, 6.45) is 3.16. The van der Waals surface area contributed by atoms with E-state index in [9.17, 15) is 9.90 Å². The molecule has 3 N–H and O–H groups in total. The number of rotatable bonds is 3. The summed E-state index contributed by atoms with van der Waals surface area (Å²) in [6, 6.07) is -0.174. The summed E-state index contributed by atoms with van der Waals surface area (Å²) in [4.78, 5) is 16.1. The van der Waals surface area contributed by atoms with Crippen molar-refractivity contribution in [3.63, 3.8) is 0 Å². The lowest BCUT2D eigenvalue weighted by Crippen LogP contribution is -2.45. The number of hydrogen-bond acceptors (Lipinski definition) is 4. The van der Waals surface area contributed by atoms with Crippen molar-refractivity contribution in [2.45, 2.75) is 57.6 Å². The first-order valence-electron chi connectivity index (χ1n) is 6.49. The first kappa shape index (κ1) is 13.0. The molecule has 1 aliphatic carbocycles. The molecule has 18 heavy (non-hydrogen) atoms. The molecule has 1 saturated carbocycles. The van der Waals surface area contributed by atoms with Gasteiger partial charge >= 0.3 is 0 Å². The maximum Gasteiger partial charge on any atom is 0.291 e. The van der Waals surface area contributed by atoms with Gasteiger partial charge in [0.25, 0.3) is 5.91 Å². The van der Waals surface area contributed by atoms with Gasteiger partial charge in [-0.05, 0) is 12.8 Å². The molecule has 1 fully saturated rings. The van der Waals surface area contributed by atoms with Crippen molar-refractivity contribution in [1.82, 2.24) is 20.5 Å². The lowest BCUT2D eigenvalue weighted by molar-refractivity contribution is 0.0710. The van der Waals surface area contributed by atoms with E-state index in [1.54, 1.807) is 0 Å². The Hall–Kier alpha value is -1.43. The lowest BCUT2D eigenvalue weighted by atomic mass is 9.92. The van der Waals surface area contributed by atoms with E-state index in [2.05, 4.69) is 20.5 Å². The SMILES string of the molecule is CC(C)c1nc(C(=O)NC2CCCCC2O)n[nH]1. The molecular weight excluding hydrogens is 232 g/mol. The molecule has 1 aromatic heterocycles. The zero-order valence-corrected chi connectivity index (χ0v) is 10.8. The van der Waals surface area contributed by atoms with Crippen LogP contribution in [0.25, 0.3) is 0 Å². The van der Waals surface area contributed by atoms with Gasteiger partial charge in [0.05, 0.1) is 12.1 Å². The highest BCUT2D eigenvalue weighted by molar-refractivity contribution is 5.90. The Bertz CT molecular complexity index is 416. The third-order valence-corrected chi connectivity index (χ3v) is 3.30. The third-order valence-electron chi connectivity index (χ3n) is 3.30. The number of carbonyl (C=O) groups excluding carboxylic acids is 1. The molecule has 1 aromatic rings. The second-order valence-electron chi connectivity index (χ2n) is 5.13. The predicted octanol–water partition coefficient (Wildman–Crippen LogP) is 0.961. The van der Waals surface area contributed by atoms with Crippen molar-refractivity contribution in [3.05, 3.63) is 11.6 Å². The van der Waals surface area contributed by atoms with E-state index < -0.39 is 6.10 Å². The lowest BCUT2D eigenvalue weighted by Gasteiger charge is -2.27. The smallest absolute Gasteiger partial charge is 0.291 e. The maximum absolute atomic E-state index is 11.9. The Balaban J connectivity index is 1.98. The van der Waals surface area contributed by atoms with Crippen molar-refractivity contribution >= 4 is 5.91 Å². The number of hydrogen-bond donors (Lipinski definition) is 3. The number of amides is 1. The Morgan fingerprint density at radius 1 is 1.44 bits per heavy atom. The predicted molar refractivity (Wildman–Crippen MR) is 66.2 cm³/mol. The van der Waals surface area contributed by atoms with Gasteiger partial charge in [-0.25, -0.2) is 4.98 Å². The number of aromatic nitrogens is 3. The molecule has 0 aliphatic heterocycles. The number of aromatic amines is 1. The highest BCUT2D eigenvalue weighted by Crippen LogP contribution is 2.18. The monoisotopic (exact) mass is 252 g/mol. The van der Waals surface area contributed by atoms with Gasteiger partial charge in [0.2, 0.25) is 5.82 Å². The van der Waals surface area contributed by atoms with Crippen molar-refractivity contribution in [1.29, 1.82) is 0 Å². The molecule has 1 aliphatic rings. The average Bonchev–Trinajstić information content (AvgIpc) is 2.81. The van der Waals surface area contributed by atoms with Gasteiger partial charge in [0.1, 0.15) is 5.82 Å². The molecule has 0 spiro atoms. The molecule has 6 nitrogen and oxygen atoms in total. The Labute approximate surface area is 106 Å². The van der Waals surface area contributed by atoms with Crippen LogP contribution in [-0.2, 0) is 0 Å². The fourth-order valence-corrected chi connectivity index (χ4v) is 2.15. The second kappa shape index (κ2) is 5.48. The standard InChI is InChI=1S/C12H20N4O2/c1-7(2)10-14-11(16-15-10)12(18)13-8-5-3-4-6-9(8)17/h7-9,17H,3-6H2,1-2H3,(H,13,18)(H,14,15,16). The van der Waals surface area contributed by atoms with Gasteiger partial charge in [-0.1, -0.05) is 26.7 Å². The molecule has 2 atom stereocenters. The first-order chi connectivity index (χ1) is 8.58. The van der Waals surface area contributed by atoms with Crippen molar-refractivity contribution in [2.75, 3.05) is 0 Å². The van der Waals surface area contributed by atoms with Crippen molar-refractivity contribution in [2.24, 2.45) is 0 Å². The number of carbonyl (C=O) groups is 1.